The van der Waals surface area contributed by atoms with Gasteiger partial charge >= 0.3 is 0 Å². The Morgan fingerprint density at radius 2 is 1.11 bits per heavy atom. The van der Waals surface area contributed by atoms with Crippen LogP contribution in [0.2, 0.25) is 0 Å². The molecule has 312 valence electrons. The number of aryl methyl sites for hydroxylation is 1. The van der Waals surface area contributed by atoms with Crippen molar-refractivity contribution in [2.75, 3.05) is 0 Å². The molecule has 11 aromatic rings. The summed E-state index contributed by atoms with van der Waals surface area (Å²) in [5.41, 5.74) is 16.6. The van der Waals surface area contributed by atoms with Gasteiger partial charge < -0.3 is 4.57 Å². The molecule has 3 aromatic heterocycles. The van der Waals surface area contributed by atoms with Gasteiger partial charge in [0.25, 0.3) is 0 Å². The third-order valence-corrected chi connectivity index (χ3v) is 13.2. The summed E-state index contributed by atoms with van der Waals surface area (Å²) in [5, 5.41) is 1.21. The Bertz CT molecular complexity index is 3620. The van der Waals surface area contributed by atoms with E-state index in [4.69, 9.17) is 21.5 Å². The first kappa shape index (κ1) is 39.0. The van der Waals surface area contributed by atoms with Crippen LogP contribution >= 0.6 is 0 Å². The average Bonchev–Trinajstić information content (AvgIpc) is 4.02. The van der Waals surface area contributed by atoms with E-state index in [-0.39, 0.29) is 0 Å². The summed E-state index contributed by atoms with van der Waals surface area (Å²) in [6, 6.07) is 76.7. The fourth-order valence-electron chi connectivity index (χ4n) is 10.3. The first-order valence-corrected chi connectivity index (χ1v) is 22.4. The Hall–Kier alpha value is -8.67. The molecule has 0 saturated heterocycles. The van der Waals surface area contributed by atoms with Gasteiger partial charge in [-0.3, -0.25) is 4.57 Å². The molecule has 0 saturated carbocycles. The molecule has 5 nitrogen and oxygen atoms in total. The molecule has 5 heteroatoms. The molecular formula is C61H43N5. The van der Waals surface area contributed by atoms with Gasteiger partial charge in [0, 0.05) is 44.7 Å². The Labute approximate surface area is 384 Å². The van der Waals surface area contributed by atoms with Crippen LogP contribution in [0.5, 0.6) is 0 Å². The molecule has 1 aliphatic rings. The van der Waals surface area contributed by atoms with Gasteiger partial charge in [0.15, 0.2) is 5.82 Å². The Kier molecular flexibility index (Phi) is 9.35. The molecule has 66 heavy (non-hydrogen) atoms. The van der Waals surface area contributed by atoms with Gasteiger partial charge in [-0.1, -0.05) is 183 Å². The highest BCUT2D eigenvalue weighted by molar-refractivity contribution is 5.94. The highest BCUT2D eigenvalue weighted by atomic mass is 15.1. The molecule has 0 radical (unpaired) electrons. The van der Waals surface area contributed by atoms with Gasteiger partial charge in [0.05, 0.1) is 33.4 Å². The lowest BCUT2D eigenvalue weighted by Gasteiger charge is -2.34. The van der Waals surface area contributed by atoms with Gasteiger partial charge in [0.2, 0.25) is 0 Å². The van der Waals surface area contributed by atoms with E-state index in [9.17, 15) is 0 Å². The summed E-state index contributed by atoms with van der Waals surface area (Å²) in [7, 11) is 0. The molecule has 0 fully saturated rings. The van der Waals surface area contributed by atoms with Crippen molar-refractivity contribution < 1.29 is 0 Å². The van der Waals surface area contributed by atoms with Crippen LogP contribution in [0.25, 0.3) is 79.0 Å². The SMILES string of the molecule is C=C(/C=C\c1c(C)c2ccccc2n1-c1ccccc1)c1nc(-c2cccc(-c3nc4ccccc4n3-c3ccccc3)c2)nc2c1C(c1ccccc1)(c1ccccc1)c1ccccc1-2. The summed E-state index contributed by atoms with van der Waals surface area (Å²) in [4.78, 5) is 16.5. The number of aromatic nitrogens is 5. The molecule has 0 N–H and O–H groups in total. The maximum atomic E-state index is 5.66. The molecule has 0 bridgehead atoms. The number of nitrogens with zero attached hydrogens (tertiary/aromatic N) is 5. The van der Waals surface area contributed by atoms with Crippen LogP contribution < -0.4 is 0 Å². The van der Waals surface area contributed by atoms with E-state index >= 15 is 0 Å². The molecule has 8 aromatic carbocycles. The van der Waals surface area contributed by atoms with E-state index in [0.717, 1.165) is 95.3 Å². The largest absolute Gasteiger partial charge is 0.310 e. The van der Waals surface area contributed by atoms with Crippen LogP contribution in [0.4, 0.5) is 0 Å². The number of imidazole rings is 1. The summed E-state index contributed by atoms with van der Waals surface area (Å²) >= 11 is 0. The molecule has 0 amide bonds. The normalized spacial score (nSPS) is 12.7. The third kappa shape index (κ3) is 6.12. The van der Waals surface area contributed by atoms with Gasteiger partial charge in [-0.25, -0.2) is 15.0 Å². The lowest BCUT2D eigenvalue weighted by molar-refractivity contribution is 0.757. The van der Waals surface area contributed by atoms with Crippen molar-refractivity contribution in [3.63, 3.8) is 0 Å². The molecule has 0 aliphatic heterocycles. The second-order valence-corrected chi connectivity index (χ2v) is 16.9. The third-order valence-electron chi connectivity index (χ3n) is 13.2. The second-order valence-electron chi connectivity index (χ2n) is 16.9. The predicted molar refractivity (Wildman–Crippen MR) is 271 cm³/mol. The summed E-state index contributed by atoms with van der Waals surface area (Å²) in [5.74, 6) is 1.46. The minimum Gasteiger partial charge on any atom is -0.310 e. The molecular weight excluding hydrogens is 803 g/mol. The van der Waals surface area contributed by atoms with Gasteiger partial charge in [-0.15, -0.1) is 0 Å². The summed E-state index contributed by atoms with van der Waals surface area (Å²) in [6.07, 6.45) is 4.36. The van der Waals surface area contributed by atoms with Crippen LogP contribution in [-0.4, -0.2) is 24.1 Å². The Morgan fingerprint density at radius 1 is 0.530 bits per heavy atom. The second kappa shape index (κ2) is 15.8. The number of hydrogen-bond donors (Lipinski definition) is 0. The highest BCUT2D eigenvalue weighted by Crippen LogP contribution is 2.57. The van der Waals surface area contributed by atoms with Crippen molar-refractivity contribution in [1.29, 1.82) is 0 Å². The van der Waals surface area contributed by atoms with Crippen LogP contribution in [0.3, 0.4) is 0 Å². The number of para-hydroxylation sites is 5. The van der Waals surface area contributed by atoms with Crippen molar-refractivity contribution in [2.24, 2.45) is 0 Å². The van der Waals surface area contributed by atoms with Crippen molar-refractivity contribution >= 4 is 33.6 Å². The topological polar surface area (TPSA) is 48.5 Å². The number of fused-ring (bicyclic) bond motifs is 5. The van der Waals surface area contributed by atoms with Crippen LogP contribution in [0.1, 0.15) is 39.2 Å². The zero-order valence-corrected chi connectivity index (χ0v) is 36.4. The quantitative estimate of drug-likeness (QED) is 0.136. The molecule has 0 unspecified atom stereocenters. The van der Waals surface area contributed by atoms with Gasteiger partial charge in [-0.2, -0.15) is 0 Å². The number of hydrogen-bond acceptors (Lipinski definition) is 3. The fourth-order valence-corrected chi connectivity index (χ4v) is 10.3. The first-order chi connectivity index (χ1) is 32.6. The van der Waals surface area contributed by atoms with Crippen molar-refractivity contribution in [1.82, 2.24) is 24.1 Å². The predicted octanol–water partition coefficient (Wildman–Crippen LogP) is 14.5. The van der Waals surface area contributed by atoms with Crippen LogP contribution in [0, 0.1) is 6.92 Å². The van der Waals surface area contributed by atoms with Crippen LogP contribution in [0.15, 0.2) is 231 Å². The summed E-state index contributed by atoms with van der Waals surface area (Å²) < 4.78 is 4.57. The van der Waals surface area contributed by atoms with E-state index in [0.29, 0.717) is 5.82 Å². The average molecular weight is 846 g/mol. The molecule has 12 rings (SSSR count). The number of benzene rings is 8. The van der Waals surface area contributed by atoms with Gasteiger partial charge in [-0.05, 0) is 89.4 Å². The number of allylic oxidation sites excluding steroid dienone is 2. The van der Waals surface area contributed by atoms with Gasteiger partial charge in [0.1, 0.15) is 5.82 Å². The maximum Gasteiger partial charge on any atom is 0.160 e. The van der Waals surface area contributed by atoms with E-state index < -0.39 is 5.41 Å². The lowest BCUT2D eigenvalue weighted by Crippen LogP contribution is -2.30. The van der Waals surface area contributed by atoms with Crippen LogP contribution in [-0.2, 0) is 5.41 Å². The first-order valence-electron chi connectivity index (χ1n) is 22.4. The Balaban J connectivity index is 1.11. The monoisotopic (exact) mass is 845 g/mol. The molecule has 1 aliphatic carbocycles. The van der Waals surface area contributed by atoms with E-state index in [1.807, 2.05) is 12.1 Å². The molecule has 3 heterocycles. The Morgan fingerprint density at radius 3 is 1.82 bits per heavy atom. The minimum atomic E-state index is -0.740. The minimum absolute atomic E-state index is 0.615. The highest BCUT2D eigenvalue weighted by Gasteiger charge is 2.49. The number of rotatable bonds is 9. The van der Waals surface area contributed by atoms with Crippen molar-refractivity contribution in [3.8, 4) is 45.4 Å². The standard InChI is InChI=1S/C61H43N5/c1-41(38-39-53-42(2)49-32-16-19-36-54(49)65(53)47-28-11-5-12-29-47)57-56-58(50-33-15-17-34-51(50)61(56,45-24-7-3-8-25-45)46-26-9-4-10-27-46)64-59(63-57)43-22-21-23-44(40-43)60-62-52-35-18-20-37-55(52)66(60)48-30-13-6-14-31-48/h3-40H,1H2,2H3/b39-38-. The molecule has 0 spiro atoms. The zero-order valence-electron chi connectivity index (χ0n) is 36.4. The molecule has 0 atom stereocenters. The van der Waals surface area contributed by atoms with E-state index in [1.165, 1.54) is 10.9 Å². The smallest absolute Gasteiger partial charge is 0.160 e. The fraction of sp³-hybridized carbons (Fsp3) is 0.0328. The lowest BCUT2D eigenvalue weighted by atomic mass is 9.67. The van der Waals surface area contributed by atoms with Crippen molar-refractivity contribution in [3.05, 3.63) is 270 Å². The van der Waals surface area contributed by atoms with Crippen molar-refractivity contribution in [2.45, 2.75) is 12.3 Å². The van der Waals surface area contributed by atoms with E-state index in [2.05, 4.69) is 234 Å². The zero-order chi connectivity index (χ0) is 44.2. The maximum absolute atomic E-state index is 5.66. The summed E-state index contributed by atoms with van der Waals surface area (Å²) in [6.45, 7) is 7.09. The van der Waals surface area contributed by atoms with E-state index in [1.54, 1.807) is 0 Å².